The number of rotatable bonds is 4. The van der Waals surface area contributed by atoms with Crippen LogP contribution in [0, 0.1) is 11.2 Å². The Kier molecular flexibility index (Phi) is 4.24. The second-order valence-electron chi connectivity index (χ2n) is 5.04. The maximum Gasteiger partial charge on any atom is 0.306 e. The van der Waals surface area contributed by atoms with Gasteiger partial charge in [0.05, 0.1) is 11.5 Å². The molecule has 0 amide bonds. The highest BCUT2D eigenvalue weighted by Gasteiger charge is 2.19. The zero-order valence-corrected chi connectivity index (χ0v) is 13.2. The molecule has 0 spiro atoms. The van der Waals surface area contributed by atoms with E-state index in [-0.39, 0.29) is 5.82 Å². The predicted molar refractivity (Wildman–Crippen MR) is 91.8 cm³/mol. The molecule has 24 heavy (non-hydrogen) atoms. The lowest BCUT2D eigenvalue weighted by Gasteiger charge is -2.06. The predicted octanol–water partition coefficient (Wildman–Crippen LogP) is 3.36. The summed E-state index contributed by atoms with van der Waals surface area (Å²) in [7, 11) is 1.77. The van der Waals surface area contributed by atoms with E-state index in [0.717, 1.165) is 11.8 Å². The maximum absolute atomic E-state index is 13.2. The van der Waals surface area contributed by atoms with E-state index < -0.39 is 0 Å². The van der Waals surface area contributed by atoms with Gasteiger partial charge in [-0.2, -0.15) is 4.98 Å². The summed E-state index contributed by atoms with van der Waals surface area (Å²) in [4.78, 5) is 8.98. The van der Waals surface area contributed by atoms with Crippen LogP contribution in [0.1, 0.15) is 12.6 Å². The fourth-order valence-electron chi connectivity index (χ4n) is 2.32. The second kappa shape index (κ2) is 6.49. The van der Waals surface area contributed by atoms with Crippen LogP contribution < -0.4 is 5.32 Å². The molecule has 2 aromatic heterocycles. The molecule has 0 bridgehead atoms. The van der Waals surface area contributed by atoms with Crippen LogP contribution in [-0.2, 0) is 0 Å². The molecule has 0 saturated heterocycles. The number of fused-ring (bicyclic) bond motifs is 1. The number of amidine groups is 1. The number of allylic oxidation sites excluding steroid dienone is 1. The van der Waals surface area contributed by atoms with Gasteiger partial charge in [0.2, 0.25) is 0 Å². The molecule has 0 radical (unpaired) electrons. The molecule has 0 aliphatic heterocycles. The van der Waals surface area contributed by atoms with Crippen molar-refractivity contribution in [2.45, 2.75) is 6.92 Å². The van der Waals surface area contributed by atoms with Gasteiger partial charge in [0.25, 0.3) is 0 Å². The Morgan fingerprint density at radius 2 is 2.12 bits per heavy atom. The quantitative estimate of drug-likeness (QED) is 0.570. The summed E-state index contributed by atoms with van der Waals surface area (Å²) >= 11 is 0. The van der Waals surface area contributed by atoms with Crippen LogP contribution in [0.25, 0.3) is 22.8 Å². The number of hydrogen-bond donors (Lipinski definition) is 2. The largest absolute Gasteiger partial charge is 0.432 e. The van der Waals surface area contributed by atoms with Gasteiger partial charge in [0.1, 0.15) is 23.5 Å². The number of halogens is 1. The van der Waals surface area contributed by atoms with Crippen molar-refractivity contribution in [2.75, 3.05) is 7.05 Å². The lowest BCUT2D eigenvalue weighted by atomic mass is 10.1. The number of nitrogens with zero attached hydrogens (tertiary/aromatic N) is 3. The Morgan fingerprint density at radius 3 is 2.79 bits per heavy atom. The van der Waals surface area contributed by atoms with Gasteiger partial charge in [-0.15, -0.1) is 0 Å². The number of nitrogens with one attached hydrogen (secondary N) is 2. The number of benzene rings is 1. The summed E-state index contributed by atoms with van der Waals surface area (Å²) in [6, 6.07) is 6.05. The van der Waals surface area contributed by atoms with Gasteiger partial charge in [-0.25, -0.2) is 9.38 Å². The summed E-state index contributed by atoms with van der Waals surface area (Å²) in [6.45, 7) is 1.82. The topological polar surface area (TPSA) is 78.7 Å². The van der Waals surface area contributed by atoms with Gasteiger partial charge >= 0.3 is 5.84 Å². The molecule has 0 aliphatic carbocycles. The number of aliphatic imine (C=N–C) groups is 1. The first kappa shape index (κ1) is 15.7. The summed E-state index contributed by atoms with van der Waals surface area (Å²) < 4.78 is 20.4. The summed E-state index contributed by atoms with van der Waals surface area (Å²) in [6.07, 6.45) is 5.99. The molecular formula is C17H16FN5O. The minimum Gasteiger partial charge on any atom is -0.432 e. The first-order valence-corrected chi connectivity index (χ1v) is 7.29. The summed E-state index contributed by atoms with van der Waals surface area (Å²) in [5.41, 5.74) is 2.56. The summed E-state index contributed by atoms with van der Waals surface area (Å²) in [5, 5.41) is 10.4. The molecule has 3 rings (SSSR count). The van der Waals surface area contributed by atoms with Crippen LogP contribution in [0.3, 0.4) is 0 Å². The maximum atomic E-state index is 13.2. The first-order chi connectivity index (χ1) is 11.6. The minimum absolute atomic E-state index is 0.317. The Balaban J connectivity index is 2.26. The average molecular weight is 325 g/mol. The van der Waals surface area contributed by atoms with Crippen molar-refractivity contribution in [1.29, 1.82) is 5.41 Å². The lowest BCUT2D eigenvalue weighted by Crippen LogP contribution is -2.13. The monoisotopic (exact) mass is 325 g/mol. The molecule has 0 aliphatic rings. The van der Waals surface area contributed by atoms with Crippen LogP contribution >= 0.6 is 0 Å². The zero-order valence-electron chi connectivity index (χ0n) is 13.2. The van der Waals surface area contributed by atoms with E-state index in [2.05, 4.69) is 15.3 Å². The SMILES string of the molecule is CN/C(C)=N/C(=C\C=N)c1c(-c2ccc(F)cc2)nc2occn12. The van der Waals surface area contributed by atoms with Crippen molar-refractivity contribution in [3.05, 3.63) is 54.3 Å². The highest BCUT2D eigenvalue weighted by Crippen LogP contribution is 2.30. The van der Waals surface area contributed by atoms with E-state index in [1.54, 1.807) is 35.9 Å². The van der Waals surface area contributed by atoms with E-state index in [0.29, 0.717) is 28.8 Å². The third-order valence-corrected chi connectivity index (χ3v) is 3.51. The highest BCUT2D eigenvalue weighted by atomic mass is 19.1. The Morgan fingerprint density at radius 1 is 1.38 bits per heavy atom. The molecule has 2 heterocycles. The normalized spacial score (nSPS) is 12.6. The van der Waals surface area contributed by atoms with Crippen LogP contribution in [0.2, 0.25) is 0 Å². The smallest absolute Gasteiger partial charge is 0.306 e. The standard InChI is InChI=1S/C17H16FN5O/c1-11(20-2)21-14(7-8-19)16-15(12-3-5-13(18)6-4-12)22-17-23(16)9-10-24-17/h3-10,19H,1-2H3,(H,20,21)/b14-7-,19-8?. The Labute approximate surface area is 137 Å². The van der Waals surface area contributed by atoms with Crippen molar-refractivity contribution in [3.8, 4) is 11.3 Å². The molecule has 0 atom stereocenters. The van der Waals surface area contributed by atoms with Gasteiger partial charge in [-0.1, -0.05) is 0 Å². The van der Waals surface area contributed by atoms with Gasteiger partial charge in [0.15, 0.2) is 0 Å². The molecule has 7 heteroatoms. The van der Waals surface area contributed by atoms with Crippen LogP contribution in [0.4, 0.5) is 4.39 Å². The van der Waals surface area contributed by atoms with E-state index in [1.165, 1.54) is 18.4 Å². The third-order valence-electron chi connectivity index (χ3n) is 3.51. The first-order valence-electron chi connectivity index (χ1n) is 7.29. The third kappa shape index (κ3) is 2.83. The van der Waals surface area contributed by atoms with Crippen molar-refractivity contribution in [3.63, 3.8) is 0 Å². The molecule has 2 N–H and O–H groups in total. The Hall–Kier alpha value is -3.22. The van der Waals surface area contributed by atoms with E-state index >= 15 is 0 Å². The highest BCUT2D eigenvalue weighted by molar-refractivity contribution is 5.93. The van der Waals surface area contributed by atoms with Gasteiger partial charge in [0, 0.05) is 25.0 Å². The molecule has 122 valence electrons. The van der Waals surface area contributed by atoms with Crippen molar-refractivity contribution < 1.29 is 8.81 Å². The van der Waals surface area contributed by atoms with Gasteiger partial charge in [-0.3, -0.25) is 4.40 Å². The fraction of sp³-hybridized carbons (Fsp3) is 0.118. The van der Waals surface area contributed by atoms with E-state index in [4.69, 9.17) is 9.83 Å². The number of oxazole rings is 1. The number of aromatic nitrogens is 2. The number of hydrogen-bond acceptors (Lipinski definition) is 4. The fourth-order valence-corrected chi connectivity index (χ4v) is 2.32. The zero-order chi connectivity index (χ0) is 17.1. The van der Waals surface area contributed by atoms with Crippen molar-refractivity contribution in [1.82, 2.24) is 14.7 Å². The minimum atomic E-state index is -0.317. The van der Waals surface area contributed by atoms with Crippen LogP contribution in [0.5, 0.6) is 0 Å². The average Bonchev–Trinajstić information content (AvgIpc) is 3.15. The van der Waals surface area contributed by atoms with Crippen molar-refractivity contribution in [2.24, 2.45) is 4.99 Å². The lowest BCUT2D eigenvalue weighted by molar-refractivity contribution is 0.596. The number of imidazole rings is 1. The molecular weight excluding hydrogens is 309 g/mol. The van der Waals surface area contributed by atoms with Gasteiger partial charge < -0.3 is 15.1 Å². The van der Waals surface area contributed by atoms with E-state index in [1.807, 2.05) is 6.92 Å². The van der Waals surface area contributed by atoms with Crippen LogP contribution in [-0.4, -0.2) is 28.5 Å². The molecule has 1 aromatic carbocycles. The molecule has 3 aromatic rings. The molecule has 0 saturated carbocycles. The van der Waals surface area contributed by atoms with Gasteiger partial charge in [-0.05, 0) is 37.3 Å². The molecule has 0 unspecified atom stereocenters. The Bertz CT molecular complexity index is 934. The van der Waals surface area contributed by atoms with E-state index in [9.17, 15) is 4.39 Å². The summed E-state index contributed by atoms with van der Waals surface area (Å²) in [5.74, 6) is 0.770. The van der Waals surface area contributed by atoms with Crippen LogP contribution in [0.15, 0.2) is 52.2 Å². The van der Waals surface area contributed by atoms with Crippen molar-refractivity contribution >= 4 is 23.6 Å². The second-order valence-corrected chi connectivity index (χ2v) is 5.04. The molecule has 0 fully saturated rings. The molecule has 6 nitrogen and oxygen atoms in total.